The quantitative estimate of drug-likeness (QED) is 0.771. The lowest BCUT2D eigenvalue weighted by molar-refractivity contribution is 0.0573. The van der Waals surface area contributed by atoms with Crippen molar-refractivity contribution in [3.63, 3.8) is 0 Å². The third-order valence-electron chi connectivity index (χ3n) is 3.55. The summed E-state index contributed by atoms with van der Waals surface area (Å²) >= 11 is 3.10. The van der Waals surface area contributed by atoms with E-state index in [1.165, 1.54) is 6.07 Å². The van der Waals surface area contributed by atoms with Crippen LogP contribution in [0.5, 0.6) is 0 Å². The van der Waals surface area contributed by atoms with Crippen LogP contribution in [0.2, 0.25) is 0 Å². The standard InChI is InChI=1S/C14H17BrFNO/c1-9-3-4-10(2)17(8-9)14(18)11-5-6-12(15)13(16)7-11/h5-7,9-10H,3-4,8H2,1-2H3. The maximum Gasteiger partial charge on any atom is 0.254 e. The highest BCUT2D eigenvalue weighted by molar-refractivity contribution is 9.10. The van der Waals surface area contributed by atoms with Crippen LogP contribution in [0.1, 0.15) is 37.0 Å². The summed E-state index contributed by atoms with van der Waals surface area (Å²) < 4.78 is 13.9. The summed E-state index contributed by atoms with van der Waals surface area (Å²) in [5.74, 6) is 0.0597. The van der Waals surface area contributed by atoms with Gasteiger partial charge in [0, 0.05) is 18.2 Å². The van der Waals surface area contributed by atoms with Gasteiger partial charge < -0.3 is 4.90 Å². The summed E-state index contributed by atoms with van der Waals surface area (Å²) in [5, 5.41) is 0. The topological polar surface area (TPSA) is 20.3 Å². The predicted molar refractivity (Wildman–Crippen MR) is 73.0 cm³/mol. The van der Waals surface area contributed by atoms with Crippen LogP contribution in [0.15, 0.2) is 22.7 Å². The van der Waals surface area contributed by atoms with Crippen LogP contribution in [0.3, 0.4) is 0 Å². The lowest BCUT2D eigenvalue weighted by Gasteiger charge is -2.36. The van der Waals surface area contributed by atoms with Gasteiger partial charge in [-0.15, -0.1) is 0 Å². The van der Waals surface area contributed by atoms with Gasteiger partial charge in [0.2, 0.25) is 0 Å². The number of rotatable bonds is 1. The van der Waals surface area contributed by atoms with Gasteiger partial charge in [0.25, 0.3) is 5.91 Å². The van der Waals surface area contributed by atoms with E-state index in [0.717, 1.165) is 19.4 Å². The van der Waals surface area contributed by atoms with E-state index in [2.05, 4.69) is 29.8 Å². The Bertz CT molecular complexity index is 463. The van der Waals surface area contributed by atoms with E-state index < -0.39 is 5.82 Å². The van der Waals surface area contributed by atoms with Crippen LogP contribution in [0.25, 0.3) is 0 Å². The predicted octanol–water partition coefficient (Wildman–Crippen LogP) is 3.85. The van der Waals surface area contributed by atoms with Gasteiger partial charge in [-0.3, -0.25) is 4.79 Å². The number of amides is 1. The second-order valence-corrected chi connectivity index (χ2v) is 5.97. The Kier molecular flexibility index (Phi) is 4.05. The molecular weight excluding hydrogens is 297 g/mol. The van der Waals surface area contributed by atoms with Gasteiger partial charge in [-0.25, -0.2) is 4.39 Å². The van der Waals surface area contributed by atoms with Crippen molar-refractivity contribution >= 4 is 21.8 Å². The Morgan fingerprint density at radius 3 is 2.78 bits per heavy atom. The molecule has 1 aliphatic heterocycles. The fourth-order valence-electron chi connectivity index (χ4n) is 2.37. The van der Waals surface area contributed by atoms with Crippen LogP contribution >= 0.6 is 15.9 Å². The highest BCUT2D eigenvalue weighted by Crippen LogP contribution is 2.24. The second-order valence-electron chi connectivity index (χ2n) is 5.12. The molecule has 0 spiro atoms. The van der Waals surface area contributed by atoms with Gasteiger partial charge >= 0.3 is 0 Å². The van der Waals surface area contributed by atoms with E-state index in [9.17, 15) is 9.18 Å². The first-order valence-electron chi connectivity index (χ1n) is 6.25. The number of likely N-dealkylation sites (tertiary alicyclic amines) is 1. The molecule has 0 aliphatic carbocycles. The molecule has 1 saturated heterocycles. The summed E-state index contributed by atoms with van der Waals surface area (Å²) in [6.45, 7) is 4.96. The number of hydrogen-bond acceptors (Lipinski definition) is 1. The van der Waals surface area contributed by atoms with Crippen molar-refractivity contribution in [1.82, 2.24) is 4.90 Å². The molecule has 1 fully saturated rings. The maximum atomic E-state index is 13.5. The molecule has 2 atom stereocenters. The lowest BCUT2D eigenvalue weighted by Crippen LogP contribution is -2.44. The number of benzene rings is 1. The molecule has 4 heteroatoms. The molecule has 1 aromatic carbocycles. The zero-order valence-corrected chi connectivity index (χ0v) is 12.2. The average molecular weight is 314 g/mol. The molecule has 1 amide bonds. The molecule has 18 heavy (non-hydrogen) atoms. The van der Waals surface area contributed by atoms with Gasteiger partial charge in [0.15, 0.2) is 0 Å². The molecule has 98 valence electrons. The summed E-state index contributed by atoms with van der Waals surface area (Å²) in [5.41, 5.74) is 0.427. The van der Waals surface area contributed by atoms with E-state index >= 15 is 0 Å². The first-order chi connectivity index (χ1) is 8.49. The number of piperidine rings is 1. The monoisotopic (exact) mass is 313 g/mol. The lowest BCUT2D eigenvalue weighted by atomic mass is 9.94. The Morgan fingerprint density at radius 1 is 1.39 bits per heavy atom. The Labute approximate surface area is 115 Å². The SMILES string of the molecule is CC1CCC(C)N(C(=O)c2ccc(Br)c(F)c2)C1. The van der Waals surface area contributed by atoms with Gasteiger partial charge in [-0.2, -0.15) is 0 Å². The Balaban J connectivity index is 2.21. The first-order valence-corrected chi connectivity index (χ1v) is 7.04. The molecule has 0 radical (unpaired) electrons. The molecule has 0 aromatic heterocycles. The van der Waals surface area contributed by atoms with E-state index in [-0.39, 0.29) is 11.9 Å². The van der Waals surface area contributed by atoms with Crippen molar-refractivity contribution in [2.45, 2.75) is 32.7 Å². The van der Waals surface area contributed by atoms with Crippen molar-refractivity contribution in [2.24, 2.45) is 5.92 Å². The van der Waals surface area contributed by atoms with E-state index in [0.29, 0.717) is 16.0 Å². The number of nitrogens with zero attached hydrogens (tertiary/aromatic N) is 1. The van der Waals surface area contributed by atoms with E-state index in [1.807, 2.05) is 4.90 Å². The summed E-state index contributed by atoms with van der Waals surface area (Å²) in [6.07, 6.45) is 2.17. The summed E-state index contributed by atoms with van der Waals surface area (Å²) in [6, 6.07) is 4.79. The number of halogens is 2. The Hall–Kier alpha value is -0.900. The Morgan fingerprint density at radius 2 is 2.11 bits per heavy atom. The van der Waals surface area contributed by atoms with Crippen molar-refractivity contribution in [3.8, 4) is 0 Å². The molecule has 0 bridgehead atoms. The fraction of sp³-hybridized carbons (Fsp3) is 0.500. The minimum absolute atomic E-state index is 0.0690. The molecule has 1 aliphatic rings. The van der Waals surface area contributed by atoms with Crippen molar-refractivity contribution in [3.05, 3.63) is 34.1 Å². The molecule has 2 rings (SSSR count). The molecule has 1 aromatic rings. The highest BCUT2D eigenvalue weighted by Gasteiger charge is 2.27. The minimum Gasteiger partial charge on any atom is -0.336 e. The molecule has 2 unspecified atom stereocenters. The average Bonchev–Trinajstić information content (AvgIpc) is 2.35. The smallest absolute Gasteiger partial charge is 0.254 e. The number of carbonyl (C=O) groups excluding carboxylic acids is 1. The first kappa shape index (κ1) is 13.5. The van der Waals surface area contributed by atoms with Gasteiger partial charge in [0.1, 0.15) is 5.82 Å². The number of hydrogen-bond donors (Lipinski definition) is 0. The van der Waals surface area contributed by atoms with Crippen LogP contribution in [0.4, 0.5) is 4.39 Å². The number of carbonyl (C=O) groups is 1. The van der Waals surface area contributed by atoms with Gasteiger partial charge in [-0.05, 0) is 59.8 Å². The van der Waals surface area contributed by atoms with Crippen LogP contribution in [0, 0.1) is 11.7 Å². The molecule has 1 heterocycles. The third-order valence-corrected chi connectivity index (χ3v) is 4.19. The maximum absolute atomic E-state index is 13.5. The van der Waals surface area contributed by atoms with Crippen LogP contribution in [-0.4, -0.2) is 23.4 Å². The van der Waals surface area contributed by atoms with Gasteiger partial charge in [0.05, 0.1) is 4.47 Å². The fourth-order valence-corrected chi connectivity index (χ4v) is 2.61. The zero-order chi connectivity index (χ0) is 13.3. The van der Waals surface area contributed by atoms with Crippen molar-refractivity contribution < 1.29 is 9.18 Å². The van der Waals surface area contributed by atoms with Crippen molar-refractivity contribution in [2.75, 3.05) is 6.54 Å². The summed E-state index contributed by atoms with van der Waals surface area (Å²) in [4.78, 5) is 14.2. The van der Waals surface area contributed by atoms with Gasteiger partial charge in [-0.1, -0.05) is 6.92 Å². The molecular formula is C14H17BrFNO. The van der Waals surface area contributed by atoms with E-state index in [4.69, 9.17) is 0 Å². The minimum atomic E-state index is -0.390. The van der Waals surface area contributed by atoms with E-state index in [1.54, 1.807) is 12.1 Å². The largest absolute Gasteiger partial charge is 0.336 e. The van der Waals surface area contributed by atoms with Crippen molar-refractivity contribution in [1.29, 1.82) is 0 Å². The zero-order valence-electron chi connectivity index (χ0n) is 10.6. The van der Waals surface area contributed by atoms with Crippen LogP contribution in [-0.2, 0) is 0 Å². The molecule has 0 saturated carbocycles. The van der Waals surface area contributed by atoms with Crippen LogP contribution < -0.4 is 0 Å². The highest BCUT2D eigenvalue weighted by atomic mass is 79.9. The summed E-state index contributed by atoms with van der Waals surface area (Å²) in [7, 11) is 0. The third kappa shape index (κ3) is 2.74. The second kappa shape index (κ2) is 5.39. The molecule has 2 nitrogen and oxygen atoms in total. The normalized spacial score (nSPS) is 24.1. The molecule has 0 N–H and O–H groups in total.